The van der Waals surface area contributed by atoms with Crippen molar-refractivity contribution in [2.24, 2.45) is 0 Å². The zero-order valence-corrected chi connectivity index (χ0v) is 12.4. The van der Waals surface area contributed by atoms with Gasteiger partial charge in [-0.2, -0.15) is 0 Å². The number of nitrogens with two attached hydrogens (primary N) is 1. The molecular weight excluding hydrogens is 319 g/mol. The minimum absolute atomic E-state index is 0.366. The number of nitrogens with zero attached hydrogens (tertiary/aromatic N) is 1. The summed E-state index contributed by atoms with van der Waals surface area (Å²) in [6, 6.07) is 13.2. The molecule has 3 aromatic rings. The lowest BCUT2D eigenvalue weighted by Gasteiger charge is -2.10. The van der Waals surface area contributed by atoms with Crippen molar-refractivity contribution < 1.29 is 4.39 Å². The number of hydrogen-bond acceptors (Lipinski definition) is 2. The van der Waals surface area contributed by atoms with Gasteiger partial charge in [-0.1, -0.05) is 30.3 Å². The molecule has 1 heterocycles. The Balaban J connectivity index is 2.36. The highest BCUT2D eigenvalue weighted by Crippen LogP contribution is 2.33. The van der Waals surface area contributed by atoms with E-state index in [4.69, 9.17) is 5.73 Å². The number of rotatable bonds is 1. The Morgan fingerprint density at radius 1 is 1.15 bits per heavy atom. The topological polar surface area (TPSA) is 38.9 Å². The van der Waals surface area contributed by atoms with Crippen LogP contribution < -0.4 is 5.73 Å². The Bertz CT molecular complexity index is 801. The Morgan fingerprint density at radius 2 is 1.85 bits per heavy atom. The van der Waals surface area contributed by atoms with E-state index >= 15 is 0 Å². The van der Waals surface area contributed by atoms with E-state index in [9.17, 15) is 4.39 Å². The number of aromatic nitrogens is 1. The normalized spacial score (nSPS) is 10.9. The molecule has 0 saturated heterocycles. The van der Waals surface area contributed by atoms with E-state index in [0.29, 0.717) is 21.1 Å². The molecule has 0 spiro atoms. The van der Waals surface area contributed by atoms with Crippen molar-refractivity contribution in [3.63, 3.8) is 0 Å². The van der Waals surface area contributed by atoms with Crippen LogP contribution in [0.15, 0.2) is 46.9 Å². The average molecular weight is 331 g/mol. The van der Waals surface area contributed by atoms with E-state index in [1.54, 1.807) is 12.1 Å². The summed E-state index contributed by atoms with van der Waals surface area (Å²) < 4.78 is 14.6. The molecule has 0 aliphatic heterocycles. The van der Waals surface area contributed by atoms with Gasteiger partial charge in [0.2, 0.25) is 0 Å². The van der Waals surface area contributed by atoms with Crippen LogP contribution in [0.5, 0.6) is 0 Å². The van der Waals surface area contributed by atoms with Crippen LogP contribution in [0.4, 0.5) is 10.1 Å². The van der Waals surface area contributed by atoms with Gasteiger partial charge in [0, 0.05) is 11.3 Å². The second-order valence-corrected chi connectivity index (χ2v) is 5.53. The first-order chi connectivity index (χ1) is 9.58. The first-order valence-corrected chi connectivity index (χ1v) is 6.97. The lowest BCUT2D eigenvalue weighted by atomic mass is 10.1. The molecule has 4 heteroatoms. The third kappa shape index (κ3) is 2.06. The number of aryl methyl sites for hydroxylation is 1. The second-order valence-electron chi connectivity index (χ2n) is 4.68. The maximum absolute atomic E-state index is 14.2. The molecular formula is C16H12BrFN2. The Morgan fingerprint density at radius 3 is 2.55 bits per heavy atom. The van der Waals surface area contributed by atoms with E-state index in [-0.39, 0.29) is 5.82 Å². The molecule has 1 aromatic heterocycles. The summed E-state index contributed by atoms with van der Waals surface area (Å²) in [5.74, 6) is -0.366. The smallest absolute Gasteiger partial charge is 0.148 e. The fraction of sp³-hybridized carbons (Fsp3) is 0.0625. The van der Waals surface area contributed by atoms with Crippen LogP contribution in [0, 0.1) is 12.7 Å². The summed E-state index contributed by atoms with van der Waals surface area (Å²) in [6.07, 6.45) is 0. The highest BCUT2D eigenvalue weighted by Gasteiger charge is 2.14. The van der Waals surface area contributed by atoms with Crippen LogP contribution in [-0.4, -0.2) is 4.98 Å². The van der Waals surface area contributed by atoms with Crippen molar-refractivity contribution in [2.75, 3.05) is 5.73 Å². The van der Waals surface area contributed by atoms with Crippen molar-refractivity contribution in [1.82, 2.24) is 4.98 Å². The quantitative estimate of drug-likeness (QED) is 0.702. The molecule has 0 radical (unpaired) electrons. The molecule has 0 saturated carbocycles. The maximum Gasteiger partial charge on any atom is 0.148 e. The molecule has 0 bridgehead atoms. The summed E-state index contributed by atoms with van der Waals surface area (Å²) in [6.45, 7) is 1.90. The number of anilines is 1. The third-order valence-electron chi connectivity index (χ3n) is 3.27. The third-order valence-corrected chi connectivity index (χ3v) is 3.84. The Kier molecular flexibility index (Phi) is 3.18. The molecule has 2 aromatic carbocycles. The van der Waals surface area contributed by atoms with Crippen molar-refractivity contribution in [3.8, 4) is 11.3 Å². The minimum atomic E-state index is -0.366. The molecule has 0 fully saturated rings. The van der Waals surface area contributed by atoms with Crippen LogP contribution >= 0.6 is 15.9 Å². The van der Waals surface area contributed by atoms with Gasteiger partial charge >= 0.3 is 0 Å². The SMILES string of the molecule is Cc1cc(Br)c(F)c2c(N)cc(-c3ccccc3)nc12. The van der Waals surface area contributed by atoms with Crippen LogP contribution in [0.1, 0.15) is 5.56 Å². The number of nitrogen functional groups attached to an aromatic ring is 1. The lowest BCUT2D eigenvalue weighted by Crippen LogP contribution is -1.97. The molecule has 0 amide bonds. The molecule has 3 rings (SSSR count). The summed E-state index contributed by atoms with van der Waals surface area (Å²) in [7, 11) is 0. The van der Waals surface area contributed by atoms with Gasteiger partial charge < -0.3 is 5.73 Å². The van der Waals surface area contributed by atoms with Crippen LogP contribution in [0.25, 0.3) is 22.2 Å². The highest BCUT2D eigenvalue weighted by atomic mass is 79.9. The van der Waals surface area contributed by atoms with Gasteiger partial charge in [-0.25, -0.2) is 9.37 Å². The van der Waals surface area contributed by atoms with Gasteiger partial charge in [0.1, 0.15) is 5.82 Å². The second kappa shape index (κ2) is 4.87. The monoisotopic (exact) mass is 330 g/mol. The van der Waals surface area contributed by atoms with Crippen LogP contribution in [0.3, 0.4) is 0 Å². The molecule has 2 nitrogen and oxygen atoms in total. The van der Waals surface area contributed by atoms with Crippen molar-refractivity contribution in [2.45, 2.75) is 6.92 Å². The van der Waals surface area contributed by atoms with E-state index in [1.807, 2.05) is 37.3 Å². The molecule has 20 heavy (non-hydrogen) atoms. The number of hydrogen-bond donors (Lipinski definition) is 1. The fourth-order valence-corrected chi connectivity index (χ4v) is 2.82. The van der Waals surface area contributed by atoms with Gasteiger partial charge in [-0.05, 0) is 40.5 Å². The summed E-state index contributed by atoms with van der Waals surface area (Å²) in [4.78, 5) is 4.57. The molecule has 100 valence electrons. The van der Waals surface area contributed by atoms with E-state index in [0.717, 1.165) is 16.8 Å². The van der Waals surface area contributed by atoms with Gasteiger partial charge in [0.25, 0.3) is 0 Å². The molecule has 0 unspecified atom stereocenters. The Hall–Kier alpha value is -1.94. The lowest BCUT2D eigenvalue weighted by molar-refractivity contribution is 0.633. The number of halogens is 2. The highest BCUT2D eigenvalue weighted by molar-refractivity contribution is 9.10. The maximum atomic E-state index is 14.2. The zero-order chi connectivity index (χ0) is 14.3. The number of benzene rings is 2. The van der Waals surface area contributed by atoms with Gasteiger partial charge in [-0.15, -0.1) is 0 Å². The van der Waals surface area contributed by atoms with E-state index < -0.39 is 0 Å². The number of fused-ring (bicyclic) bond motifs is 1. The fourth-order valence-electron chi connectivity index (χ4n) is 2.28. The van der Waals surface area contributed by atoms with Gasteiger partial charge in [0.05, 0.1) is 21.1 Å². The predicted octanol–water partition coefficient (Wildman–Crippen LogP) is 4.69. The largest absolute Gasteiger partial charge is 0.398 e. The molecule has 0 atom stereocenters. The number of pyridine rings is 1. The molecule has 0 aliphatic rings. The van der Waals surface area contributed by atoms with Crippen molar-refractivity contribution in [1.29, 1.82) is 0 Å². The van der Waals surface area contributed by atoms with Crippen LogP contribution in [0.2, 0.25) is 0 Å². The van der Waals surface area contributed by atoms with Gasteiger partial charge in [-0.3, -0.25) is 0 Å². The van der Waals surface area contributed by atoms with Gasteiger partial charge in [0.15, 0.2) is 0 Å². The molecule has 0 aliphatic carbocycles. The van der Waals surface area contributed by atoms with E-state index in [1.165, 1.54) is 0 Å². The predicted molar refractivity (Wildman–Crippen MR) is 84.0 cm³/mol. The average Bonchev–Trinajstić information content (AvgIpc) is 2.45. The first kappa shape index (κ1) is 13.1. The first-order valence-electron chi connectivity index (χ1n) is 6.18. The van der Waals surface area contributed by atoms with Crippen molar-refractivity contribution in [3.05, 3.63) is 58.3 Å². The standard InChI is InChI=1S/C16H12BrFN2/c1-9-7-11(17)15(18)14-12(19)8-13(20-16(9)14)10-5-3-2-4-6-10/h2-8H,1H3,(H2,19,20). The molecule has 2 N–H and O–H groups in total. The Labute approximate surface area is 124 Å². The van der Waals surface area contributed by atoms with E-state index in [2.05, 4.69) is 20.9 Å². The zero-order valence-electron chi connectivity index (χ0n) is 10.8. The summed E-state index contributed by atoms with van der Waals surface area (Å²) in [5, 5.41) is 0.372. The summed E-state index contributed by atoms with van der Waals surface area (Å²) in [5.41, 5.74) is 9.63. The van der Waals surface area contributed by atoms with Crippen LogP contribution in [-0.2, 0) is 0 Å². The van der Waals surface area contributed by atoms with Crippen molar-refractivity contribution >= 4 is 32.5 Å². The summed E-state index contributed by atoms with van der Waals surface area (Å²) >= 11 is 3.21. The minimum Gasteiger partial charge on any atom is -0.398 e.